The molecule has 3 rings (SSSR count). The van der Waals surface area contributed by atoms with Crippen LogP contribution in [0.5, 0.6) is 0 Å². The summed E-state index contributed by atoms with van der Waals surface area (Å²) in [6.45, 7) is 3.07. The number of nitrogens with one attached hydrogen (secondary N) is 1. The minimum absolute atomic E-state index is 0.449. The van der Waals surface area contributed by atoms with Crippen LogP contribution in [-0.2, 0) is 26.4 Å². The molecule has 0 saturated heterocycles. The van der Waals surface area contributed by atoms with Gasteiger partial charge in [-0.1, -0.05) is 6.92 Å². The molecule has 0 aliphatic heterocycles. The van der Waals surface area contributed by atoms with Gasteiger partial charge in [0.15, 0.2) is 0 Å². The van der Waals surface area contributed by atoms with Gasteiger partial charge in [0.05, 0.1) is 11.2 Å². The molecule has 2 aromatic heterocycles. The summed E-state index contributed by atoms with van der Waals surface area (Å²) in [5, 5.41) is 9.27. The Kier molecular flexibility index (Phi) is 3.66. The van der Waals surface area contributed by atoms with Crippen molar-refractivity contribution in [2.75, 3.05) is 0 Å². The average Bonchev–Trinajstić information content (AvgIpc) is 3.04. The van der Waals surface area contributed by atoms with E-state index >= 15 is 0 Å². The highest BCUT2D eigenvalue weighted by atomic mass is 32.1. The highest BCUT2D eigenvalue weighted by molar-refractivity contribution is 7.11. The Morgan fingerprint density at radius 2 is 2.37 bits per heavy atom. The summed E-state index contributed by atoms with van der Waals surface area (Å²) in [5.74, 6) is 0. The number of rotatable bonds is 4. The maximum absolute atomic E-state index is 4.41. The van der Waals surface area contributed by atoms with Crippen LogP contribution in [0.25, 0.3) is 0 Å². The standard InChI is InChI=1S/C14H20N4S/c1-3-14-16-8-10(19-14)7-15-12-5-4-6-13-11(12)9-17-18(13)2/h8-9,12,15H,3-7H2,1-2H3. The van der Waals surface area contributed by atoms with E-state index in [9.17, 15) is 0 Å². The van der Waals surface area contributed by atoms with Gasteiger partial charge in [-0.3, -0.25) is 4.68 Å². The van der Waals surface area contributed by atoms with Gasteiger partial charge >= 0.3 is 0 Å². The van der Waals surface area contributed by atoms with Crippen molar-refractivity contribution in [2.24, 2.45) is 7.05 Å². The number of fused-ring (bicyclic) bond motifs is 1. The van der Waals surface area contributed by atoms with Gasteiger partial charge in [-0.2, -0.15) is 5.10 Å². The molecule has 1 N–H and O–H groups in total. The van der Waals surface area contributed by atoms with Crippen LogP contribution in [0.2, 0.25) is 0 Å². The Morgan fingerprint density at radius 3 is 3.16 bits per heavy atom. The summed E-state index contributed by atoms with van der Waals surface area (Å²) in [7, 11) is 2.04. The van der Waals surface area contributed by atoms with E-state index in [2.05, 4.69) is 22.3 Å². The van der Waals surface area contributed by atoms with Crippen molar-refractivity contribution in [3.8, 4) is 0 Å². The van der Waals surface area contributed by atoms with Crippen molar-refractivity contribution in [2.45, 2.75) is 45.2 Å². The first-order chi connectivity index (χ1) is 9.28. The Hall–Kier alpha value is -1.20. The molecule has 0 aromatic carbocycles. The second kappa shape index (κ2) is 5.43. The number of aromatic nitrogens is 3. The zero-order valence-corrected chi connectivity index (χ0v) is 12.3. The van der Waals surface area contributed by atoms with E-state index in [1.807, 2.05) is 35.5 Å². The molecule has 1 aliphatic carbocycles. The minimum Gasteiger partial charge on any atom is -0.305 e. The molecule has 0 bridgehead atoms. The molecule has 1 aliphatic rings. The molecule has 0 amide bonds. The predicted octanol–water partition coefficient (Wildman–Crippen LogP) is 2.61. The van der Waals surface area contributed by atoms with Gasteiger partial charge in [-0.05, 0) is 25.7 Å². The fourth-order valence-electron chi connectivity index (χ4n) is 2.74. The molecule has 0 fully saturated rings. The molecular formula is C14H20N4S. The normalized spacial score (nSPS) is 18.5. The molecule has 19 heavy (non-hydrogen) atoms. The largest absolute Gasteiger partial charge is 0.305 e. The molecule has 0 radical (unpaired) electrons. The van der Waals surface area contributed by atoms with Gasteiger partial charge < -0.3 is 5.32 Å². The van der Waals surface area contributed by atoms with Gasteiger partial charge in [-0.15, -0.1) is 11.3 Å². The van der Waals surface area contributed by atoms with E-state index in [1.54, 1.807) is 0 Å². The zero-order chi connectivity index (χ0) is 13.2. The lowest BCUT2D eigenvalue weighted by atomic mass is 9.93. The van der Waals surface area contributed by atoms with Crippen LogP contribution in [0.3, 0.4) is 0 Å². The smallest absolute Gasteiger partial charge is 0.0925 e. The molecule has 2 heterocycles. The quantitative estimate of drug-likeness (QED) is 0.933. The van der Waals surface area contributed by atoms with Crippen LogP contribution in [0.15, 0.2) is 12.4 Å². The van der Waals surface area contributed by atoms with E-state index in [4.69, 9.17) is 0 Å². The molecule has 5 heteroatoms. The lowest BCUT2D eigenvalue weighted by Gasteiger charge is -2.23. The summed E-state index contributed by atoms with van der Waals surface area (Å²) >= 11 is 1.81. The van der Waals surface area contributed by atoms with E-state index in [0.29, 0.717) is 6.04 Å². The van der Waals surface area contributed by atoms with E-state index in [1.165, 1.54) is 34.0 Å². The van der Waals surface area contributed by atoms with Gasteiger partial charge in [0.2, 0.25) is 0 Å². The van der Waals surface area contributed by atoms with Crippen molar-refractivity contribution < 1.29 is 0 Å². The summed E-state index contributed by atoms with van der Waals surface area (Å²) in [6, 6.07) is 0.449. The highest BCUT2D eigenvalue weighted by Gasteiger charge is 2.22. The number of hydrogen-bond donors (Lipinski definition) is 1. The van der Waals surface area contributed by atoms with Crippen molar-refractivity contribution in [1.82, 2.24) is 20.1 Å². The van der Waals surface area contributed by atoms with Crippen LogP contribution < -0.4 is 5.32 Å². The zero-order valence-electron chi connectivity index (χ0n) is 11.5. The Balaban J connectivity index is 1.67. The first kappa shape index (κ1) is 12.8. The average molecular weight is 276 g/mol. The number of aryl methyl sites for hydroxylation is 2. The third kappa shape index (κ3) is 2.58. The molecule has 1 atom stereocenters. The fraction of sp³-hybridized carbons (Fsp3) is 0.571. The number of nitrogens with zero attached hydrogens (tertiary/aromatic N) is 3. The third-order valence-electron chi connectivity index (χ3n) is 3.80. The summed E-state index contributed by atoms with van der Waals surface area (Å²) < 4.78 is 2.02. The molecule has 2 aromatic rings. The monoisotopic (exact) mass is 276 g/mol. The van der Waals surface area contributed by atoms with Crippen molar-refractivity contribution in [3.63, 3.8) is 0 Å². The summed E-state index contributed by atoms with van der Waals surface area (Å²) in [6.07, 6.45) is 8.66. The Bertz CT molecular complexity index is 558. The Labute approximate surface area is 117 Å². The maximum atomic E-state index is 4.41. The van der Waals surface area contributed by atoms with Crippen LogP contribution in [0.4, 0.5) is 0 Å². The lowest BCUT2D eigenvalue weighted by Crippen LogP contribution is -2.24. The first-order valence-electron chi connectivity index (χ1n) is 6.95. The molecule has 0 saturated carbocycles. The SMILES string of the molecule is CCc1ncc(CNC2CCCc3c2cnn3C)s1. The van der Waals surface area contributed by atoms with Crippen LogP contribution in [0, 0.1) is 0 Å². The first-order valence-corrected chi connectivity index (χ1v) is 7.77. The lowest BCUT2D eigenvalue weighted by molar-refractivity contribution is 0.453. The van der Waals surface area contributed by atoms with Crippen LogP contribution in [-0.4, -0.2) is 14.8 Å². The Morgan fingerprint density at radius 1 is 1.47 bits per heavy atom. The number of hydrogen-bond acceptors (Lipinski definition) is 4. The molecule has 102 valence electrons. The van der Waals surface area contributed by atoms with Gasteiger partial charge in [0.25, 0.3) is 0 Å². The second-order valence-electron chi connectivity index (χ2n) is 5.07. The van der Waals surface area contributed by atoms with E-state index in [-0.39, 0.29) is 0 Å². The van der Waals surface area contributed by atoms with E-state index in [0.717, 1.165) is 19.4 Å². The maximum Gasteiger partial charge on any atom is 0.0925 e. The molecule has 0 spiro atoms. The van der Waals surface area contributed by atoms with Gasteiger partial charge in [0.1, 0.15) is 0 Å². The summed E-state index contributed by atoms with van der Waals surface area (Å²) in [5.41, 5.74) is 2.77. The fourth-order valence-corrected chi connectivity index (χ4v) is 3.55. The topological polar surface area (TPSA) is 42.7 Å². The molecule has 4 nitrogen and oxygen atoms in total. The van der Waals surface area contributed by atoms with Crippen LogP contribution >= 0.6 is 11.3 Å². The number of thiazole rings is 1. The predicted molar refractivity (Wildman–Crippen MR) is 77.2 cm³/mol. The molecule has 1 unspecified atom stereocenters. The van der Waals surface area contributed by atoms with Crippen molar-refractivity contribution >= 4 is 11.3 Å². The van der Waals surface area contributed by atoms with E-state index < -0.39 is 0 Å². The summed E-state index contributed by atoms with van der Waals surface area (Å²) in [4.78, 5) is 5.74. The van der Waals surface area contributed by atoms with Crippen LogP contribution in [0.1, 0.15) is 46.9 Å². The van der Waals surface area contributed by atoms with Gasteiger partial charge in [0, 0.05) is 42.0 Å². The van der Waals surface area contributed by atoms with Crippen molar-refractivity contribution in [1.29, 1.82) is 0 Å². The van der Waals surface area contributed by atoms with Gasteiger partial charge in [-0.25, -0.2) is 4.98 Å². The minimum atomic E-state index is 0.449. The third-order valence-corrected chi connectivity index (χ3v) is 4.94. The molecular weight excluding hydrogens is 256 g/mol. The highest BCUT2D eigenvalue weighted by Crippen LogP contribution is 2.29. The second-order valence-corrected chi connectivity index (χ2v) is 6.27. The van der Waals surface area contributed by atoms with Crippen molar-refractivity contribution in [3.05, 3.63) is 33.5 Å².